The van der Waals surface area contributed by atoms with E-state index in [-0.39, 0.29) is 17.2 Å². The molecule has 1 N–H and O–H groups in total. The average Bonchev–Trinajstić information content (AvgIpc) is 3.41. The second-order valence-corrected chi connectivity index (χ2v) is 7.01. The summed E-state index contributed by atoms with van der Waals surface area (Å²) in [5.74, 6) is 0.242. The smallest absolute Gasteiger partial charge is 0.227 e. The summed E-state index contributed by atoms with van der Waals surface area (Å²) in [4.78, 5) is 12.8. The molecule has 1 amide bonds. The molecule has 2 nitrogen and oxygen atoms in total. The minimum atomic E-state index is 0.0338. The Morgan fingerprint density at radius 1 is 1.04 bits per heavy atom. The first-order valence-electron chi connectivity index (χ1n) is 8.70. The molecule has 2 heteroatoms. The van der Waals surface area contributed by atoms with E-state index in [1.165, 1.54) is 29.5 Å². The third-order valence-corrected chi connectivity index (χ3v) is 5.53. The first-order valence-corrected chi connectivity index (χ1v) is 8.70. The quantitative estimate of drug-likeness (QED) is 0.910. The van der Waals surface area contributed by atoms with Gasteiger partial charge in [-0.2, -0.15) is 0 Å². The number of aryl methyl sites for hydroxylation is 1. The van der Waals surface area contributed by atoms with Crippen molar-refractivity contribution in [1.29, 1.82) is 0 Å². The fraction of sp³-hybridized carbons (Fsp3) is 0.381. The zero-order valence-corrected chi connectivity index (χ0v) is 13.4. The van der Waals surface area contributed by atoms with Crippen molar-refractivity contribution in [3.63, 3.8) is 0 Å². The summed E-state index contributed by atoms with van der Waals surface area (Å²) in [6.45, 7) is 0.772. The van der Waals surface area contributed by atoms with Crippen molar-refractivity contribution in [2.75, 3.05) is 6.54 Å². The number of benzene rings is 2. The fourth-order valence-corrected chi connectivity index (χ4v) is 3.92. The Morgan fingerprint density at radius 3 is 2.57 bits per heavy atom. The number of hydrogen-bond acceptors (Lipinski definition) is 1. The predicted octanol–water partition coefficient (Wildman–Crippen LogP) is 3.95. The Balaban J connectivity index is 1.46. The van der Waals surface area contributed by atoms with Crippen LogP contribution in [0.4, 0.5) is 0 Å². The number of carbonyl (C=O) groups excluding carboxylic acids is 1. The highest BCUT2D eigenvalue weighted by Gasteiger charge is 2.44. The summed E-state index contributed by atoms with van der Waals surface area (Å²) < 4.78 is 0. The predicted molar refractivity (Wildman–Crippen MR) is 92.5 cm³/mol. The maximum Gasteiger partial charge on any atom is 0.227 e. The minimum Gasteiger partial charge on any atom is -0.355 e. The molecular weight excluding hydrogens is 282 g/mol. The van der Waals surface area contributed by atoms with E-state index in [4.69, 9.17) is 0 Å². The Kier molecular flexibility index (Phi) is 3.68. The van der Waals surface area contributed by atoms with Crippen LogP contribution in [-0.4, -0.2) is 12.5 Å². The van der Waals surface area contributed by atoms with E-state index in [0.717, 1.165) is 25.8 Å². The highest BCUT2D eigenvalue weighted by atomic mass is 16.1. The molecule has 4 rings (SSSR count). The van der Waals surface area contributed by atoms with E-state index in [9.17, 15) is 4.79 Å². The average molecular weight is 305 g/mol. The topological polar surface area (TPSA) is 29.1 Å². The Bertz CT molecular complexity index is 703. The molecular formula is C21H23NO. The van der Waals surface area contributed by atoms with Crippen molar-refractivity contribution in [3.05, 3.63) is 71.3 Å². The molecule has 1 unspecified atom stereocenters. The van der Waals surface area contributed by atoms with Crippen LogP contribution >= 0.6 is 0 Å². The molecule has 118 valence electrons. The molecule has 0 heterocycles. The Labute approximate surface area is 137 Å². The van der Waals surface area contributed by atoms with Gasteiger partial charge in [-0.25, -0.2) is 0 Å². The lowest BCUT2D eigenvalue weighted by Crippen LogP contribution is -2.36. The molecule has 2 aliphatic rings. The van der Waals surface area contributed by atoms with Crippen LogP contribution in [0.25, 0.3) is 0 Å². The lowest BCUT2D eigenvalue weighted by Gasteiger charge is -2.26. The maximum absolute atomic E-state index is 12.8. The number of hydrogen-bond donors (Lipinski definition) is 1. The van der Waals surface area contributed by atoms with Gasteiger partial charge >= 0.3 is 0 Å². The van der Waals surface area contributed by atoms with Gasteiger partial charge in [0.15, 0.2) is 0 Å². The first kappa shape index (κ1) is 14.5. The number of carbonyl (C=O) groups is 1. The van der Waals surface area contributed by atoms with Gasteiger partial charge in [-0.1, -0.05) is 54.6 Å². The van der Waals surface area contributed by atoms with E-state index < -0.39 is 0 Å². The van der Waals surface area contributed by atoms with E-state index in [0.29, 0.717) is 0 Å². The van der Waals surface area contributed by atoms with Crippen LogP contribution in [0.3, 0.4) is 0 Å². The summed E-state index contributed by atoms with van der Waals surface area (Å²) in [6.07, 6.45) is 5.55. The zero-order valence-electron chi connectivity index (χ0n) is 13.4. The van der Waals surface area contributed by atoms with Gasteiger partial charge in [0.05, 0.1) is 5.92 Å². The van der Waals surface area contributed by atoms with Crippen LogP contribution in [-0.2, 0) is 16.6 Å². The van der Waals surface area contributed by atoms with Gasteiger partial charge in [-0.05, 0) is 48.8 Å². The van der Waals surface area contributed by atoms with E-state index in [2.05, 4.69) is 59.9 Å². The summed E-state index contributed by atoms with van der Waals surface area (Å²) in [5.41, 5.74) is 4.14. The number of fused-ring (bicyclic) bond motifs is 1. The monoisotopic (exact) mass is 305 g/mol. The fourth-order valence-electron chi connectivity index (χ4n) is 3.92. The van der Waals surface area contributed by atoms with Crippen LogP contribution < -0.4 is 5.32 Å². The van der Waals surface area contributed by atoms with Crippen molar-refractivity contribution in [1.82, 2.24) is 5.32 Å². The van der Waals surface area contributed by atoms with Crippen LogP contribution in [0.5, 0.6) is 0 Å². The lowest BCUT2D eigenvalue weighted by molar-refractivity contribution is -0.123. The van der Waals surface area contributed by atoms with Gasteiger partial charge in [0.1, 0.15) is 0 Å². The summed E-state index contributed by atoms with van der Waals surface area (Å²) in [6, 6.07) is 19.0. The van der Waals surface area contributed by atoms with Gasteiger partial charge in [-0.3, -0.25) is 4.79 Å². The largest absolute Gasteiger partial charge is 0.355 e. The molecule has 0 bridgehead atoms. The van der Waals surface area contributed by atoms with Crippen molar-refractivity contribution >= 4 is 5.91 Å². The molecule has 0 aliphatic heterocycles. The minimum absolute atomic E-state index is 0.0338. The number of nitrogens with one attached hydrogen (secondary N) is 1. The maximum atomic E-state index is 12.8. The summed E-state index contributed by atoms with van der Waals surface area (Å²) in [5, 5.41) is 3.26. The summed E-state index contributed by atoms with van der Waals surface area (Å²) in [7, 11) is 0. The molecule has 1 atom stereocenters. The third-order valence-electron chi connectivity index (χ3n) is 5.53. The second-order valence-electron chi connectivity index (χ2n) is 7.01. The normalized spacial score (nSPS) is 21.3. The molecule has 1 saturated carbocycles. The van der Waals surface area contributed by atoms with Crippen LogP contribution in [0.15, 0.2) is 54.6 Å². The van der Waals surface area contributed by atoms with Crippen LogP contribution in [0, 0.1) is 0 Å². The lowest BCUT2D eigenvalue weighted by atomic mass is 9.82. The standard InChI is InChI=1S/C21H23NO/c23-20(19-12-6-8-16-7-4-5-11-18(16)19)22-15-21(13-14-21)17-9-2-1-3-10-17/h1-5,7,9-11,19H,6,8,12-15H2,(H,22,23). The number of amides is 1. The Hall–Kier alpha value is -2.09. The van der Waals surface area contributed by atoms with Gasteiger partial charge in [0.2, 0.25) is 5.91 Å². The second kappa shape index (κ2) is 5.84. The molecule has 0 radical (unpaired) electrons. The van der Waals surface area contributed by atoms with Crippen molar-refractivity contribution < 1.29 is 4.79 Å². The highest BCUT2D eigenvalue weighted by molar-refractivity contribution is 5.84. The first-order chi connectivity index (χ1) is 11.3. The molecule has 2 aromatic rings. The molecule has 2 aromatic carbocycles. The molecule has 0 spiro atoms. The molecule has 0 saturated heterocycles. The zero-order chi connectivity index (χ0) is 15.7. The van der Waals surface area contributed by atoms with Crippen molar-refractivity contribution in [2.24, 2.45) is 0 Å². The van der Waals surface area contributed by atoms with Crippen LogP contribution in [0.1, 0.15) is 48.3 Å². The van der Waals surface area contributed by atoms with Gasteiger partial charge in [0.25, 0.3) is 0 Å². The van der Waals surface area contributed by atoms with Gasteiger partial charge in [0, 0.05) is 12.0 Å². The molecule has 1 fully saturated rings. The van der Waals surface area contributed by atoms with Crippen molar-refractivity contribution in [3.8, 4) is 0 Å². The van der Waals surface area contributed by atoms with E-state index in [1.807, 2.05) is 0 Å². The van der Waals surface area contributed by atoms with Crippen LogP contribution in [0.2, 0.25) is 0 Å². The van der Waals surface area contributed by atoms with E-state index >= 15 is 0 Å². The molecule has 23 heavy (non-hydrogen) atoms. The summed E-state index contributed by atoms with van der Waals surface area (Å²) >= 11 is 0. The highest BCUT2D eigenvalue weighted by Crippen LogP contribution is 2.47. The SMILES string of the molecule is O=C(NCC1(c2ccccc2)CC1)C1CCCc2ccccc21. The van der Waals surface area contributed by atoms with Gasteiger partial charge < -0.3 is 5.32 Å². The molecule has 0 aromatic heterocycles. The molecule has 2 aliphatic carbocycles. The van der Waals surface area contributed by atoms with Crippen molar-refractivity contribution in [2.45, 2.75) is 43.4 Å². The van der Waals surface area contributed by atoms with E-state index in [1.54, 1.807) is 0 Å². The Morgan fingerprint density at radius 2 is 1.78 bits per heavy atom. The number of rotatable bonds is 4. The van der Waals surface area contributed by atoms with Gasteiger partial charge in [-0.15, -0.1) is 0 Å². The third kappa shape index (κ3) is 2.78.